The highest BCUT2D eigenvalue weighted by Gasteiger charge is 2.34. The maximum atomic E-state index is 10.6. The standard InChI is InChI=1S/C12H21NO3/c14-12(15)5-7-13(11-3-4-11)10-2-1-8-16-9-6-10/h10-11H,1-9H2,(H,14,15). The molecule has 4 heteroatoms. The van der Waals surface area contributed by atoms with Gasteiger partial charge in [0.2, 0.25) is 0 Å². The first-order valence-corrected chi connectivity index (χ1v) is 6.32. The zero-order valence-electron chi connectivity index (χ0n) is 9.73. The monoisotopic (exact) mass is 227 g/mol. The van der Waals surface area contributed by atoms with Crippen molar-refractivity contribution in [2.75, 3.05) is 19.8 Å². The van der Waals surface area contributed by atoms with E-state index in [0.29, 0.717) is 18.6 Å². The normalized spacial score (nSPS) is 26.7. The van der Waals surface area contributed by atoms with Crippen molar-refractivity contribution < 1.29 is 14.6 Å². The van der Waals surface area contributed by atoms with Gasteiger partial charge in [0.25, 0.3) is 0 Å². The molecular weight excluding hydrogens is 206 g/mol. The second kappa shape index (κ2) is 5.64. The molecule has 0 spiro atoms. The summed E-state index contributed by atoms with van der Waals surface area (Å²) < 4.78 is 5.46. The molecule has 0 bridgehead atoms. The van der Waals surface area contributed by atoms with E-state index < -0.39 is 5.97 Å². The quantitative estimate of drug-likeness (QED) is 0.773. The van der Waals surface area contributed by atoms with E-state index in [4.69, 9.17) is 9.84 Å². The maximum Gasteiger partial charge on any atom is 0.304 e. The molecule has 1 unspecified atom stereocenters. The third kappa shape index (κ3) is 3.46. The van der Waals surface area contributed by atoms with Crippen LogP contribution in [0.4, 0.5) is 0 Å². The molecule has 0 aromatic heterocycles. The third-order valence-electron chi connectivity index (χ3n) is 3.49. The molecule has 16 heavy (non-hydrogen) atoms. The highest BCUT2D eigenvalue weighted by Crippen LogP contribution is 2.31. The smallest absolute Gasteiger partial charge is 0.304 e. The first-order chi connectivity index (χ1) is 7.77. The summed E-state index contributed by atoms with van der Waals surface area (Å²) in [6.45, 7) is 2.42. The van der Waals surface area contributed by atoms with Crippen LogP contribution in [-0.4, -0.2) is 47.8 Å². The molecule has 2 aliphatic rings. The Morgan fingerprint density at radius 1 is 1.19 bits per heavy atom. The van der Waals surface area contributed by atoms with Gasteiger partial charge in [-0.15, -0.1) is 0 Å². The SMILES string of the molecule is O=C(O)CCN(C1CCCOCC1)C1CC1. The van der Waals surface area contributed by atoms with Crippen LogP contribution in [0.2, 0.25) is 0 Å². The zero-order valence-corrected chi connectivity index (χ0v) is 9.73. The highest BCUT2D eigenvalue weighted by molar-refractivity contribution is 5.66. The van der Waals surface area contributed by atoms with Crippen molar-refractivity contribution in [2.24, 2.45) is 0 Å². The minimum absolute atomic E-state index is 0.272. The summed E-state index contributed by atoms with van der Waals surface area (Å²) in [7, 11) is 0. The Bertz CT molecular complexity index is 232. The average molecular weight is 227 g/mol. The Labute approximate surface area is 96.6 Å². The van der Waals surface area contributed by atoms with Gasteiger partial charge in [-0.2, -0.15) is 0 Å². The molecule has 1 aliphatic carbocycles. The Balaban J connectivity index is 1.86. The fraction of sp³-hybridized carbons (Fsp3) is 0.917. The molecule has 1 aliphatic heterocycles. The van der Waals surface area contributed by atoms with Crippen molar-refractivity contribution in [3.05, 3.63) is 0 Å². The second-order valence-electron chi connectivity index (χ2n) is 4.81. The van der Waals surface area contributed by atoms with Crippen LogP contribution in [0.15, 0.2) is 0 Å². The van der Waals surface area contributed by atoms with Crippen molar-refractivity contribution >= 4 is 5.97 Å². The lowest BCUT2D eigenvalue weighted by atomic mass is 10.1. The molecule has 1 N–H and O–H groups in total. The predicted octanol–water partition coefficient (Wildman–Crippen LogP) is 1.49. The molecule has 0 aromatic carbocycles. The fourth-order valence-corrected chi connectivity index (χ4v) is 2.51. The number of aliphatic carboxylic acids is 1. The average Bonchev–Trinajstić information content (AvgIpc) is 3.03. The molecule has 92 valence electrons. The van der Waals surface area contributed by atoms with E-state index in [9.17, 15) is 4.79 Å². The third-order valence-corrected chi connectivity index (χ3v) is 3.49. The Hall–Kier alpha value is -0.610. The van der Waals surface area contributed by atoms with Gasteiger partial charge in [0, 0.05) is 31.8 Å². The van der Waals surface area contributed by atoms with E-state index in [0.717, 1.165) is 32.5 Å². The largest absolute Gasteiger partial charge is 0.481 e. The van der Waals surface area contributed by atoms with Gasteiger partial charge < -0.3 is 9.84 Å². The van der Waals surface area contributed by atoms with Crippen LogP contribution in [0.1, 0.15) is 38.5 Å². The number of ether oxygens (including phenoxy) is 1. The minimum Gasteiger partial charge on any atom is -0.481 e. The molecule has 1 saturated carbocycles. The van der Waals surface area contributed by atoms with Crippen molar-refractivity contribution in [1.82, 2.24) is 4.90 Å². The van der Waals surface area contributed by atoms with E-state index >= 15 is 0 Å². The van der Waals surface area contributed by atoms with E-state index in [1.807, 2.05) is 0 Å². The van der Waals surface area contributed by atoms with Crippen molar-refractivity contribution in [3.63, 3.8) is 0 Å². The van der Waals surface area contributed by atoms with Gasteiger partial charge >= 0.3 is 5.97 Å². The van der Waals surface area contributed by atoms with Crippen molar-refractivity contribution in [2.45, 2.75) is 50.6 Å². The summed E-state index contributed by atoms with van der Waals surface area (Å²) in [4.78, 5) is 13.1. The van der Waals surface area contributed by atoms with E-state index in [-0.39, 0.29) is 6.42 Å². The fourth-order valence-electron chi connectivity index (χ4n) is 2.51. The molecule has 2 fully saturated rings. The summed E-state index contributed by atoms with van der Waals surface area (Å²) in [5.41, 5.74) is 0. The predicted molar refractivity (Wildman–Crippen MR) is 60.4 cm³/mol. The molecule has 0 aromatic rings. The van der Waals surface area contributed by atoms with Gasteiger partial charge in [-0.1, -0.05) is 0 Å². The summed E-state index contributed by atoms with van der Waals surface area (Å²) in [6.07, 6.45) is 6.11. The van der Waals surface area contributed by atoms with E-state index in [2.05, 4.69) is 4.90 Å². The number of rotatable bonds is 5. The summed E-state index contributed by atoms with van der Waals surface area (Å²) in [6, 6.07) is 1.21. The Morgan fingerprint density at radius 3 is 2.62 bits per heavy atom. The zero-order chi connectivity index (χ0) is 11.4. The summed E-state index contributed by atoms with van der Waals surface area (Å²) in [5, 5.41) is 8.77. The minimum atomic E-state index is -0.685. The molecule has 4 nitrogen and oxygen atoms in total. The maximum absolute atomic E-state index is 10.6. The van der Waals surface area contributed by atoms with Crippen molar-refractivity contribution in [3.8, 4) is 0 Å². The van der Waals surface area contributed by atoms with Crippen LogP contribution < -0.4 is 0 Å². The van der Waals surface area contributed by atoms with Gasteiger partial charge in [0.1, 0.15) is 0 Å². The topological polar surface area (TPSA) is 49.8 Å². The van der Waals surface area contributed by atoms with Gasteiger partial charge in [0.05, 0.1) is 6.42 Å². The van der Waals surface area contributed by atoms with E-state index in [1.165, 1.54) is 12.8 Å². The molecule has 1 heterocycles. The second-order valence-corrected chi connectivity index (χ2v) is 4.81. The van der Waals surface area contributed by atoms with Gasteiger partial charge in [-0.25, -0.2) is 0 Å². The van der Waals surface area contributed by atoms with Gasteiger partial charge in [-0.05, 0) is 32.1 Å². The number of carboxylic acid groups (broad SMARTS) is 1. The lowest BCUT2D eigenvalue weighted by Gasteiger charge is -2.30. The van der Waals surface area contributed by atoms with Gasteiger partial charge in [-0.3, -0.25) is 9.69 Å². The summed E-state index contributed by atoms with van der Waals surface area (Å²) >= 11 is 0. The van der Waals surface area contributed by atoms with Crippen LogP contribution in [0.3, 0.4) is 0 Å². The molecule has 0 amide bonds. The summed E-state index contributed by atoms with van der Waals surface area (Å²) in [5.74, 6) is -0.685. The van der Waals surface area contributed by atoms with Crippen LogP contribution in [0.25, 0.3) is 0 Å². The van der Waals surface area contributed by atoms with Crippen LogP contribution in [0, 0.1) is 0 Å². The molecule has 1 atom stereocenters. The van der Waals surface area contributed by atoms with Gasteiger partial charge in [0.15, 0.2) is 0 Å². The molecule has 2 rings (SSSR count). The van der Waals surface area contributed by atoms with Crippen molar-refractivity contribution in [1.29, 1.82) is 0 Å². The first kappa shape index (κ1) is 11.9. The molecular formula is C12H21NO3. The van der Waals surface area contributed by atoms with Crippen LogP contribution in [-0.2, 0) is 9.53 Å². The number of hydrogen-bond acceptors (Lipinski definition) is 3. The lowest BCUT2D eigenvalue weighted by Crippen LogP contribution is -2.38. The Kier molecular flexibility index (Phi) is 4.18. The van der Waals surface area contributed by atoms with Crippen LogP contribution >= 0.6 is 0 Å². The molecule has 1 saturated heterocycles. The first-order valence-electron chi connectivity index (χ1n) is 6.32. The Morgan fingerprint density at radius 2 is 1.94 bits per heavy atom. The highest BCUT2D eigenvalue weighted by atomic mass is 16.5. The lowest BCUT2D eigenvalue weighted by molar-refractivity contribution is -0.137. The number of carbonyl (C=O) groups is 1. The molecule has 0 radical (unpaired) electrons. The van der Waals surface area contributed by atoms with E-state index in [1.54, 1.807) is 0 Å². The van der Waals surface area contributed by atoms with Crippen LogP contribution in [0.5, 0.6) is 0 Å². The number of hydrogen-bond donors (Lipinski definition) is 1. The number of carboxylic acids is 1. The number of nitrogens with zero attached hydrogens (tertiary/aromatic N) is 1.